The van der Waals surface area contributed by atoms with Gasteiger partial charge >= 0.3 is 0 Å². The maximum Gasteiger partial charge on any atom is 0.194 e. The molecule has 1 aromatic rings. The van der Waals surface area contributed by atoms with E-state index in [0.29, 0.717) is 23.7 Å². The van der Waals surface area contributed by atoms with Crippen molar-refractivity contribution >= 4 is 11.5 Å². The number of benzene rings is 1. The first kappa shape index (κ1) is 25.3. The third-order valence-electron chi connectivity index (χ3n) is 3.68. The van der Waals surface area contributed by atoms with Gasteiger partial charge in [-0.15, -0.1) is 0 Å². The Labute approximate surface area is 167 Å². The number of nitrogens with two attached hydrogens (primary N) is 1. The lowest BCUT2D eigenvalue weighted by Crippen LogP contribution is -2.15. The van der Waals surface area contributed by atoms with Crippen LogP contribution in [0.2, 0.25) is 0 Å². The van der Waals surface area contributed by atoms with E-state index < -0.39 is 5.82 Å². The smallest absolute Gasteiger partial charge is 0.194 e. The van der Waals surface area contributed by atoms with Crippen LogP contribution in [0.1, 0.15) is 41.0 Å². The number of rotatable bonds is 11. The maximum absolute atomic E-state index is 13.8. The molecule has 0 aliphatic carbocycles. The number of hydrogen-bond donors (Lipinski definition) is 2. The van der Waals surface area contributed by atoms with Crippen LogP contribution in [0.15, 0.2) is 65.1 Å². The Hall–Kier alpha value is -2.73. The number of aliphatic imine (C=N–C) groups is 1. The summed E-state index contributed by atoms with van der Waals surface area (Å²) in [5, 5.41) is 3.12. The van der Waals surface area contributed by atoms with E-state index >= 15 is 0 Å². The Kier molecular flexibility index (Phi) is 12.1. The van der Waals surface area contributed by atoms with E-state index in [-0.39, 0.29) is 24.7 Å². The van der Waals surface area contributed by atoms with Crippen LogP contribution in [0.4, 0.5) is 4.39 Å². The number of Topliss-reactive ketones (excluding diaryl/α,β-unsaturated/α-hetero) is 1. The molecule has 5 nitrogen and oxygen atoms in total. The summed E-state index contributed by atoms with van der Waals surface area (Å²) in [6.07, 6.45) is 5.22. The average Bonchev–Trinajstić information content (AvgIpc) is 2.63. The minimum Gasteiger partial charge on any atom is -0.451 e. The van der Waals surface area contributed by atoms with Gasteiger partial charge in [-0.2, -0.15) is 0 Å². The van der Waals surface area contributed by atoms with Crippen LogP contribution in [0, 0.1) is 5.82 Å². The molecule has 0 heterocycles. The van der Waals surface area contributed by atoms with E-state index in [1.165, 1.54) is 19.1 Å². The van der Waals surface area contributed by atoms with Crippen LogP contribution in [-0.2, 0) is 4.79 Å². The summed E-state index contributed by atoms with van der Waals surface area (Å²) < 4.78 is 19.3. The van der Waals surface area contributed by atoms with Crippen molar-refractivity contribution in [1.82, 2.24) is 5.32 Å². The fourth-order valence-electron chi connectivity index (χ4n) is 2.20. The summed E-state index contributed by atoms with van der Waals surface area (Å²) in [6, 6.07) is 5.94. The molecule has 0 amide bonds. The third kappa shape index (κ3) is 8.77. The van der Waals surface area contributed by atoms with Crippen molar-refractivity contribution in [2.45, 2.75) is 41.0 Å². The zero-order chi connectivity index (χ0) is 20.2. The summed E-state index contributed by atoms with van der Waals surface area (Å²) >= 11 is 0. The first-order valence-electron chi connectivity index (χ1n) is 8.88. The number of carbonyl (C=O) groups is 1. The lowest BCUT2D eigenvalue weighted by molar-refractivity contribution is -0.115. The van der Waals surface area contributed by atoms with Crippen LogP contribution in [0.25, 0.3) is 0 Å². The van der Waals surface area contributed by atoms with Gasteiger partial charge in [-0.1, -0.05) is 32.2 Å². The van der Waals surface area contributed by atoms with Gasteiger partial charge in [-0.3, -0.25) is 4.79 Å². The molecule has 1 rings (SSSR count). The standard InChI is InChI=1S/C21H28FN3O2.CH4/c1-5-18(15(2)25-17(4)24-13-9-8-12-23)14-21(16(3)26)27-20-11-7-6-10-19(20)22;/h5-7,10-11,14,24H,4,8-9,12-13,23H2,1-3H3;1H4/b18-5-,21-14+,25-15-;. The van der Waals surface area contributed by atoms with Crippen molar-refractivity contribution in [2.24, 2.45) is 10.7 Å². The Bertz CT molecular complexity index is 752. The molecule has 0 saturated heterocycles. The second kappa shape index (κ2) is 13.4. The lowest BCUT2D eigenvalue weighted by atomic mass is 10.1. The highest BCUT2D eigenvalue weighted by atomic mass is 19.1. The second-order valence-electron chi connectivity index (χ2n) is 5.91. The molecule has 154 valence electrons. The molecule has 0 atom stereocenters. The van der Waals surface area contributed by atoms with Crippen LogP contribution < -0.4 is 15.8 Å². The van der Waals surface area contributed by atoms with Gasteiger partial charge in [0.1, 0.15) is 5.82 Å². The average molecular weight is 390 g/mol. The fraction of sp³-hybridized carbons (Fsp3) is 0.364. The third-order valence-corrected chi connectivity index (χ3v) is 3.68. The highest BCUT2D eigenvalue weighted by Gasteiger charge is 2.12. The molecule has 0 radical (unpaired) electrons. The first-order valence-corrected chi connectivity index (χ1v) is 8.88. The van der Waals surface area contributed by atoms with Crippen LogP contribution in [0.3, 0.4) is 0 Å². The van der Waals surface area contributed by atoms with E-state index in [1.54, 1.807) is 31.2 Å². The van der Waals surface area contributed by atoms with E-state index in [2.05, 4.69) is 16.9 Å². The van der Waals surface area contributed by atoms with E-state index in [4.69, 9.17) is 10.5 Å². The number of ketones is 1. The molecule has 0 bridgehead atoms. The first-order chi connectivity index (χ1) is 12.9. The number of allylic oxidation sites excluding steroid dienone is 4. The molecule has 0 aromatic heterocycles. The van der Waals surface area contributed by atoms with Crippen molar-refractivity contribution in [3.05, 3.63) is 66.0 Å². The summed E-state index contributed by atoms with van der Waals surface area (Å²) in [6.45, 7) is 10.3. The predicted octanol–water partition coefficient (Wildman–Crippen LogP) is 4.52. The Morgan fingerprint density at radius 1 is 1.32 bits per heavy atom. The zero-order valence-corrected chi connectivity index (χ0v) is 16.2. The fourth-order valence-corrected chi connectivity index (χ4v) is 2.20. The number of unbranched alkanes of at least 4 members (excludes halogenated alkanes) is 1. The molecular weight excluding hydrogens is 357 g/mol. The Morgan fingerprint density at radius 3 is 2.57 bits per heavy atom. The van der Waals surface area contributed by atoms with Gasteiger partial charge in [-0.25, -0.2) is 9.38 Å². The number of hydrogen-bond acceptors (Lipinski definition) is 5. The van der Waals surface area contributed by atoms with Gasteiger partial charge in [-0.05, 0) is 57.0 Å². The van der Waals surface area contributed by atoms with Gasteiger partial charge in [0.25, 0.3) is 0 Å². The normalized spacial score (nSPS) is 12.2. The molecule has 1 aromatic carbocycles. The van der Waals surface area contributed by atoms with Gasteiger partial charge in [0, 0.05) is 19.2 Å². The monoisotopic (exact) mass is 389 g/mol. The summed E-state index contributed by atoms with van der Waals surface area (Å²) in [4.78, 5) is 16.3. The Morgan fingerprint density at radius 2 is 2.00 bits per heavy atom. The highest BCUT2D eigenvalue weighted by Crippen LogP contribution is 2.20. The van der Waals surface area contributed by atoms with Crippen LogP contribution in [0.5, 0.6) is 5.75 Å². The Balaban J connectivity index is 0.00000729. The van der Waals surface area contributed by atoms with E-state index in [9.17, 15) is 9.18 Å². The van der Waals surface area contributed by atoms with Crippen molar-refractivity contribution in [1.29, 1.82) is 0 Å². The van der Waals surface area contributed by atoms with Crippen molar-refractivity contribution < 1.29 is 13.9 Å². The molecule has 3 N–H and O–H groups in total. The van der Waals surface area contributed by atoms with E-state index in [1.807, 2.05) is 6.92 Å². The molecular formula is C22H32FN3O2. The maximum atomic E-state index is 13.8. The minimum atomic E-state index is -0.535. The number of ether oxygens (including phenoxy) is 1. The largest absolute Gasteiger partial charge is 0.451 e. The number of carbonyl (C=O) groups excluding carboxylic acids is 1. The number of halogens is 1. The van der Waals surface area contributed by atoms with Crippen molar-refractivity contribution in [2.75, 3.05) is 13.1 Å². The quantitative estimate of drug-likeness (QED) is 0.192. The highest BCUT2D eigenvalue weighted by molar-refractivity contribution is 6.03. The zero-order valence-electron chi connectivity index (χ0n) is 16.2. The molecule has 0 saturated carbocycles. The minimum absolute atomic E-state index is 0. The molecule has 28 heavy (non-hydrogen) atoms. The van der Waals surface area contributed by atoms with Gasteiger partial charge in [0.15, 0.2) is 23.1 Å². The summed E-state index contributed by atoms with van der Waals surface area (Å²) in [5.74, 6) is -0.299. The molecule has 0 aliphatic heterocycles. The molecule has 0 spiro atoms. The van der Waals surface area contributed by atoms with Crippen LogP contribution >= 0.6 is 0 Å². The molecule has 0 unspecified atom stereocenters. The van der Waals surface area contributed by atoms with Gasteiger partial charge < -0.3 is 15.8 Å². The number of nitrogens with zero attached hydrogens (tertiary/aromatic N) is 1. The predicted molar refractivity (Wildman–Crippen MR) is 115 cm³/mol. The molecule has 0 fully saturated rings. The lowest BCUT2D eigenvalue weighted by Gasteiger charge is -2.11. The number of nitrogens with one attached hydrogen (secondary N) is 1. The van der Waals surface area contributed by atoms with Crippen molar-refractivity contribution in [3.63, 3.8) is 0 Å². The van der Waals surface area contributed by atoms with Crippen molar-refractivity contribution in [3.8, 4) is 5.75 Å². The molecule has 0 aliphatic rings. The van der Waals surface area contributed by atoms with Gasteiger partial charge in [0.05, 0.1) is 0 Å². The van der Waals surface area contributed by atoms with Crippen LogP contribution in [-0.4, -0.2) is 24.6 Å². The summed E-state index contributed by atoms with van der Waals surface area (Å²) in [7, 11) is 0. The van der Waals surface area contributed by atoms with Gasteiger partial charge in [0.2, 0.25) is 0 Å². The van der Waals surface area contributed by atoms with E-state index in [0.717, 1.165) is 19.4 Å². The summed E-state index contributed by atoms with van der Waals surface area (Å²) in [5.41, 5.74) is 6.80. The number of para-hydroxylation sites is 1. The second-order valence-corrected chi connectivity index (χ2v) is 5.91. The molecule has 6 heteroatoms. The SMILES string of the molecule is C.C=C(\N=C(C)/C(=C\C)/C=C(/Oc1ccccc1F)C(C)=O)NCCCCN. The topological polar surface area (TPSA) is 76.7 Å².